The van der Waals surface area contributed by atoms with Gasteiger partial charge in [0.25, 0.3) is 0 Å². The molecule has 1 aliphatic heterocycles. The minimum absolute atomic E-state index is 0.0482. The lowest BCUT2D eigenvalue weighted by Crippen LogP contribution is -2.28. The van der Waals surface area contributed by atoms with E-state index in [1.54, 1.807) is 0 Å². The molecule has 0 bridgehead atoms. The summed E-state index contributed by atoms with van der Waals surface area (Å²) in [6, 6.07) is 4.04. The molecule has 0 spiro atoms. The average Bonchev–Trinajstić information content (AvgIpc) is 2.04. The van der Waals surface area contributed by atoms with Gasteiger partial charge in [-0.1, -0.05) is 28.7 Å². The van der Waals surface area contributed by atoms with Crippen LogP contribution in [0.1, 0.15) is 18.2 Å². The zero-order valence-electron chi connectivity index (χ0n) is 6.88. The first-order valence-corrected chi connectivity index (χ1v) is 4.99. The summed E-state index contributed by atoms with van der Waals surface area (Å²) in [7, 11) is 0. The topological polar surface area (TPSA) is 22.1 Å². The molecule has 0 N–H and O–H groups in total. The van der Waals surface area contributed by atoms with Crippen molar-refractivity contribution in [1.29, 1.82) is 0 Å². The van der Waals surface area contributed by atoms with Crippen molar-refractivity contribution in [2.24, 2.45) is 0 Å². The van der Waals surface area contributed by atoms with Crippen molar-refractivity contribution in [3.8, 4) is 0 Å². The molecule has 2 nitrogen and oxygen atoms in total. The van der Waals surface area contributed by atoms with Crippen molar-refractivity contribution >= 4 is 22.6 Å². The van der Waals surface area contributed by atoms with Gasteiger partial charge >= 0.3 is 0 Å². The molecule has 2 rings (SSSR count). The second kappa shape index (κ2) is 2.96. The first-order chi connectivity index (χ1) is 5.70. The van der Waals surface area contributed by atoms with Gasteiger partial charge in [0.15, 0.2) is 0 Å². The number of fused-ring (bicyclic) bond motifs is 1. The lowest BCUT2D eigenvalue weighted by atomic mass is 10.0. The van der Waals surface area contributed by atoms with Crippen molar-refractivity contribution in [3.05, 3.63) is 29.6 Å². The maximum absolute atomic E-state index is 5.46. The van der Waals surface area contributed by atoms with Crippen molar-refractivity contribution in [2.75, 3.05) is 6.61 Å². The quantitative estimate of drug-likeness (QED) is 0.535. The van der Waals surface area contributed by atoms with Gasteiger partial charge in [-0.2, -0.15) is 0 Å². The molecule has 0 saturated carbocycles. The number of halogens is 1. The monoisotopic (exact) mass is 275 g/mol. The van der Waals surface area contributed by atoms with Crippen LogP contribution in [0.25, 0.3) is 0 Å². The van der Waals surface area contributed by atoms with Crippen LogP contribution in [0.3, 0.4) is 0 Å². The van der Waals surface area contributed by atoms with E-state index in [0.29, 0.717) is 6.61 Å². The van der Waals surface area contributed by atoms with Crippen LogP contribution >= 0.6 is 22.6 Å². The lowest BCUT2D eigenvalue weighted by molar-refractivity contribution is 0.0885. The number of ether oxygens (including phenoxy) is 1. The summed E-state index contributed by atoms with van der Waals surface area (Å²) in [4.78, 5) is 4.38. The zero-order chi connectivity index (χ0) is 8.60. The molecular weight excluding hydrogens is 265 g/mol. The highest BCUT2D eigenvalue weighted by Crippen LogP contribution is 2.35. The summed E-state index contributed by atoms with van der Waals surface area (Å²) >= 11 is 2.39. The predicted octanol–water partition coefficient (Wildman–Crippen LogP) is 2.26. The van der Waals surface area contributed by atoms with Crippen LogP contribution in [0.15, 0.2) is 18.3 Å². The lowest BCUT2D eigenvalue weighted by Gasteiger charge is -2.28. The highest BCUT2D eigenvalue weighted by Gasteiger charge is 2.30. The molecule has 1 unspecified atom stereocenters. The summed E-state index contributed by atoms with van der Waals surface area (Å²) in [5.41, 5.74) is 2.40. The summed E-state index contributed by atoms with van der Waals surface area (Å²) in [6.07, 6.45) is 1.85. The van der Waals surface area contributed by atoms with E-state index >= 15 is 0 Å². The first-order valence-electron chi connectivity index (χ1n) is 3.91. The molecule has 0 aromatic carbocycles. The third kappa shape index (κ3) is 1.35. The SMILES string of the molecule is CC1(I)COCc2cccnc21. The van der Waals surface area contributed by atoms with Gasteiger partial charge in [-0.25, -0.2) is 0 Å². The number of alkyl halides is 1. The summed E-state index contributed by atoms with van der Waals surface area (Å²) < 4.78 is 5.51. The van der Waals surface area contributed by atoms with Crippen LogP contribution < -0.4 is 0 Å². The zero-order valence-corrected chi connectivity index (χ0v) is 9.04. The van der Waals surface area contributed by atoms with E-state index in [1.165, 1.54) is 11.3 Å². The smallest absolute Gasteiger partial charge is 0.0850 e. The molecule has 0 fully saturated rings. The number of hydrogen-bond acceptors (Lipinski definition) is 2. The number of pyridine rings is 1. The standard InChI is InChI=1S/C9H10INO/c1-9(10)6-12-5-7-3-2-4-11-8(7)9/h2-4H,5-6H2,1H3. The maximum atomic E-state index is 5.46. The molecule has 64 valence electrons. The number of aromatic nitrogens is 1. The Balaban J connectivity index is 2.52. The average molecular weight is 275 g/mol. The van der Waals surface area contributed by atoms with Crippen molar-refractivity contribution in [2.45, 2.75) is 17.0 Å². The third-order valence-corrected chi connectivity index (χ3v) is 2.84. The predicted molar refractivity (Wildman–Crippen MR) is 55.3 cm³/mol. The Morgan fingerprint density at radius 1 is 1.67 bits per heavy atom. The third-order valence-electron chi connectivity index (χ3n) is 2.02. The van der Waals surface area contributed by atoms with Crippen LogP contribution in [-0.2, 0) is 14.8 Å². The van der Waals surface area contributed by atoms with Gasteiger partial charge in [0.05, 0.1) is 22.3 Å². The van der Waals surface area contributed by atoms with E-state index in [-0.39, 0.29) is 3.42 Å². The van der Waals surface area contributed by atoms with E-state index in [2.05, 4.69) is 40.6 Å². The Labute approximate surface area is 85.5 Å². The Hall–Kier alpha value is -0.160. The second-order valence-corrected chi connectivity index (χ2v) is 5.58. The fourth-order valence-corrected chi connectivity index (χ4v) is 2.15. The molecule has 0 saturated heterocycles. The van der Waals surface area contributed by atoms with Gasteiger partial charge in [0.2, 0.25) is 0 Å². The number of nitrogens with zero attached hydrogens (tertiary/aromatic N) is 1. The van der Waals surface area contributed by atoms with Crippen LogP contribution in [-0.4, -0.2) is 11.6 Å². The highest BCUT2D eigenvalue weighted by atomic mass is 127. The van der Waals surface area contributed by atoms with E-state index in [0.717, 1.165) is 6.61 Å². The molecule has 1 aromatic heterocycles. The fourth-order valence-electron chi connectivity index (χ4n) is 1.45. The summed E-state index contributed by atoms with van der Waals surface area (Å²) in [6.45, 7) is 3.62. The van der Waals surface area contributed by atoms with Gasteiger partial charge in [-0.15, -0.1) is 0 Å². The van der Waals surface area contributed by atoms with Gasteiger partial charge in [-0.3, -0.25) is 4.98 Å². The normalized spacial score (nSPS) is 28.2. The van der Waals surface area contributed by atoms with Gasteiger partial charge in [0, 0.05) is 11.8 Å². The van der Waals surface area contributed by atoms with Gasteiger partial charge in [0.1, 0.15) is 0 Å². The van der Waals surface area contributed by atoms with E-state index < -0.39 is 0 Å². The Morgan fingerprint density at radius 3 is 3.25 bits per heavy atom. The highest BCUT2D eigenvalue weighted by molar-refractivity contribution is 14.1. The minimum atomic E-state index is 0.0482. The largest absolute Gasteiger partial charge is 0.375 e. The maximum Gasteiger partial charge on any atom is 0.0850 e. The number of rotatable bonds is 0. The fraction of sp³-hybridized carbons (Fsp3) is 0.444. The molecule has 2 heterocycles. The Bertz CT molecular complexity index is 298. The Kier molecular flexibility index (Phi) is 2.08. The van der Waals surface area contributed by atoms with Crippen LogP contribution in [0.4, 0.5) is 0 Å². The molecular formula is C9H10INO. The molecule has 1 atom stereocenters. The molecule has 1 aliphatic rings. The molecule has 0 aliphatic carbocycles. The molecule has 0 amide bonds. The molecule has 3 heteroatoms. The minimum Gasteiger partial charge on any atom is -0.375 e. The Morgan fingerprint density at radius 2 is 2.50 bits per heavy atom. The van der Waals surface area contributed by atoms with Crippen LogP contribution in [0, 0.1) is 0 Å². The van der Waals surface area contributed by atoms with E-state index in [1.807, 2.05) is 12.3 Å². The summed E-state index contributed by atoms with van der Waals surface area (Å²) in [5, 5.41) is 0. The number of hydrogen-bond donors (Lipinski definition) is 0. The molecule has 0 radical (unpaired) electrons. The van der Waals surface area contributed by atoms with Crippen LogP contribution in [0.2, 0.25) is 0 Å². The van der Waals surface area contributed by atoms with Gasteiger partial charge < -0.3 is 4.74 Å². The molecule has 12 heavy (non-hydrogen) atoms. The van der Waals surface area contributed by atoms with Crippen LogP contribution in [0.5, 0.6) is 0 Å². The second-order valence-electron chi connectivity index (χ2n) is 3.20. The molecule has 1 aromatic rings. The van der Waals surface area contributed by atoms with E-state index in [9.17, 15) is 0 Å². The van der Waals surface area contributed by atoms with Gasteiger partial charge in [-0.05, 0) is 13.0 Å². The van der Waals surface area contributed by atoms with Crippen molar-refractivity contribution in [3.63, 3.8) is 0 Å². The van der Waals surface area contributed by atoms with Crippen molar-refractivity contribution in [1.82, 2.24) is 4.98 Å². The first kappa shape index (κ1) is 8.44. The van der Waals surface area contributed by atoms with E-state index in [4.69, 9.17) is 4.74 Å². The summed E-state index contributed by atoms with van der Waals surface area (Å²) in [5.74, 6) is 0. The van der Waals surface area contributed by atoms with Crippen molar-refractivity contribution < 1.29 is 4.74 Å².